The van der Waals surface area contributed by atoms with Crippen LogP contribution < -0.4 is 4.74 Å². The SMILES string of the molecule is COc1ccc(C2=CC3CCCC(C2)S3(=O)=O)cc1CO. The summed E-state index contributed by atoms with van der Waals surface area (Å²) in [6.07, 6.45) is 4.97. The molecule has 2 heterocycles. The molecule has 2 aliphatic rings. The van der Waals surface area contributed by atoms with E-state index < -0.39 is 9.84 Å². The molecule has 2 atom stereocenters. The molecule has 0 spiro atoms. The van der Waals surface area contributed by atoms with Gasteiger partial charge in [-0.05, 0) is 42.5 Å². The summed E-state index contributed by atoms with van der Waals surface area (Å²) in [5.41, 5.74) is 2.80. The lowest BCUT2D eigenvalue weighted by atomic mass is 9.92. The van der Waals surface area contributed by atoms with E-state index >= 15 is 0 Å². The Morgan fingerprint density at radius 1 is 1.33 bits per heavy atom. The van der Waals surface area contributed by atoms with Crippen LogP contribution in [0.3, 0.4) is 0 Å². The number of rotatable bonds is 3. The first-order valence-electron chi connectivity index (χ1n) is 7.28. The Kier molecular flexibility index (Phi) is 3.80. The van der Waals surface area contributed by atoms with Crippen molar-refractivity contribution < 1.29 is 18.3 Å². The Morgan fingerprint density at radius 2 is 2.14 bits per heavy atom. The molecular weight excluding hydrogens is 288 g/mol. The maximum Gasteiger partial charge on any atom is 0.159 e. The minimum absolute atomic E-state index is 0.0878. The Labute approximate surface area is 125 Å². The fraction of sp³-hybridized carbons (Fsp3) is 0.500. The fourth-order valence-electron chi connectivity index (χ4n) is 3.37. The highest BCUT2D eigenvalue weighted by Gasteiger charge is 2.40. The molecule has 0 radical (unpaired) electrons. The van der Waals surface area contributed by atoms with Gasteiger partial charge < -0.3 is 9.84 Å². The quantitative estimate of drug-likeness (QED) is 0.930. The number of allylic oxidation sites excluding steroid dienone is 1. The lowest BCUT2D eigenvalue weighted by molar-refractivity contribution is 0.273. The Bertz CT molecular complexity index is 676. The monoisotopic (exact) mass is 308 g/mol. The lowest BCUT2D eigenvalue weighted by Gasteiger charge is -2.33. The molecule has 21 heavy (non-hydrogen) atoms. The predicted octanol–water partition coefficient (Wildman–Crippen LogP) is 2.31. The van der Waals surface area contributed by atoms with E-state index in [9.17, 15) is 13.5 Å². The van der Waals surface area contributed by atoms with E-state index in [1.54, 1.807) is 7.11 Å². The topological polar surface area (TPSA) is 63.6 Å². The average Bonchev–Trinajstić information content (AvgIpc) is 2.45. The Morgan fingerprint density at radius 3 is 2.81 bits per heavy atom. The summed E-state index contributed by atoms with van der Waals surface area (Å²) in [4.78, 5) is 0. The zero-order chi connectivity index (χ0) is 15.0. The van der Waals surface area contributed by atoms with Crippen molar-refractivity contribution in [3.63, 3.8) is 0 Å². The number of hydrogen-bond acceptors (Lipinski definition) is 4. The average molecular weight is 308 g/mol. The molecule has 0 aromatic heterocycles. The van der Waals surface area contributed by atoms with Gasteiger partial charge in [-0.2, -0.15) is 0 Å². The molecule has 2 unspecified atom stereocenters. The minimum Gasteiger partial charge on any atom is -0.496 e. The Hall–Kier alpha value is -1.33. The molecule has 0 aliphatic carbocycles. The third kappa shape index (κ3) is 2.49. The van der Waals surface area contributed by atoms with E-state index in [0.29, 0.717) is 12.2 Å². The summed E-state index contributed by atoms with van der Waals surface area (Å²) in [6.45, 7) is -0.0878. The normalized spacial score (nSPS) is 27.0. The molecule has 2 aliphatic heterocycles. The van der Waals surface area contributed by atoms with Crippen molar-refractivity contribution >= 4 is 15.4 Å². The van der Waals surface area contributed by atoms with Crippen molar-refractivity contribution in [1.82, 2.24) is 0 Å². The molecule has 1 N–H and O–H groups in total. The van der Waals surface area contributed by atoms with Crippen molar-refractivity contribution in [2.45, 2.75) is 42.8 Å². The van der Waals surface area contributed by atoms with Gasteiger partial charge in [0, 0.05) is 5.56 Å². The van der Waals surface area contributed by atoms with Gasteiger partial charge in [0.15, 0.2) is 9.84 Å². The van der Waals surface area contributed by atoms with Crippen molar-refractivity contribution in [3.8, 4) is 5.75 Å². The van der Waals surface area contributed by atoms with Gasteiger partial charge in [-0.3, -0.25) is 0 Å². The highest BCUT2D eigenvalue weighted by molar-refractivity contribution is 7.93. The maximum absolute atomic E-state index is 12.3. The van der Waals surface area contributed by atoms with E-state index in [-0.39, 0.29) is 17.1 Å². The third-order valence-corrected chi connectivity index (χ3v) is 7.10. The van der Waals surface area contributed by atoms with Crippen LogP contribution in [0.1, 0.15) is 36.8 Å². The molecular formula is C16H20O4S. The number of sulfone groups is 1. The second-order valence-electron chi connectivity index (χ2n) is 5.76. The lowest BCUT2D eigenvalue weighted by Crippen LogP contribution is -2.38. The van der Waals surface area contributed by atoms with Crippen LogP contribution in [0.15, 0.2) is 24.3 Å². The van der Waals surface area contributed by atoms with E-state index in [0.717, 1.165) is 36.0 Å². The van der Waals surface area contributed by atoms with Crippen LogP contribution >= 0.6 is 0 Å². The van der Waals surface area contributed by atoms with E-state index in [2.05, 4.69) is 0 Å². The molecule has 0 amide bonds. The standard InChI is InChI=1S/C16H20O4S/c1-20-16-6-5-11(7-13(16)10-17)12-8-14-3-2-4-15(9-12)21(14,18)19/h5-8,14-15,17H,2-4,9-10H2,1H3. The minimum atomic E-state index is -2.99. The van der Waals surface area contributed by atoms with Gasteiger partial charge in [-0.15, -0.1) is 0 Å². The molecule has 4 nitrogen and oxygen atoms in total. The van der Waals surface area contributed by atoms with Gasteiger partial charge in [0.05, 0.1) is 24.2 Å². The van der Waals surface area contributed by atoms with Crippen molar-refractivity contribution in [1.29, 1.82) is 0 Å². The molecule has 1 aromatic carbocycles. The van der Waals surface area contributed by atoms with E-state index in [1.165, 1.54) is 0 Å². The van der Waals surface area contributed by atoms with Crippen LogP contribution in [-0.2, 0) is 16.4 Å². The molecule has 2 bridgehead atoms. The molecule has 1 saturated heterocycles. The first-order chi connectivity index (χ1) is 10.1. The molecule has 5 heteroatoms. The highest BCUT2D eigenvalue weighted by Crippen LogP contribution is 2.39. The largest absolute Gasteiger partial charge is 0.496 e. The summed E-state index contributed by atoms with van der Waals surface area (Å²) in [5, 5.41) is 8.85. The first kappa shape index (κ1) is 14.6. The molecule has 0 saturated carbocycles. The van der Waals surface area contributed by atoms with Crippen LogP contribution in [0.2, 0.25) is 0 Å². The second-order valence-corrected chi connectivity index (χ2v) is 8.21. The summed E-state index contributed by atoms with van der Waals surface area (Å²) >= 11 is 0. The number of aliphatic hydroxyl groups excluding tert-OH is 1. The number of aliphatic hydroxyl groups is 1. The van der Waals surface area contributed by atoms with Gasteiger partial charge in [0.2, 0.25) is 0 Å². The van der Waals surface area contributed by atoms with Gasteiger partial charge in [0.25, 0.3) is 0 Å². The van der Waals surface area contributed by atoms with Crippen LogP contribution in [0, 0.1) is 0 Å². The maximum atomic E-state index is 12.3. The van der Waals surface area contributed by atoms with Crippen LogP contribution in [0.4, 0.5) is 0 Å². The van der Waals surface area contributed by atoms with E-state index in [1.807, 2.05) is 24.3 Å². The third-order valence-electron chi connectivity index (χ3n) is 4.56. The summed E-state index contributed by atoms with van der Waals surface area (Å²) < 4.78 is 29.8. The molecule has 3 rings (SSSR count). The second kappa shape index (κ2) is 5.46. The van der Waals surface area contributed by atoms with Crippen LogP contribution in [-0.4, -0.2) is 31.1 Å². The van der Waals surface area contributed by atoms with Crippen LogP contribution in [0.5, 0.6) is 5.75 Å². The van der Waals surface area contributed by atoms with Crippen molar-refractivity contribution in [3.05, 3.63) is 35.4 Å². The number of ether oxygens (including phenoxy) is 1. The zero-order valence-corrected chi connectivity index (χ0v) is 12.9. The zero-order valence-electron chi connectivity index (χ0n) is 12.1. The number of hydrogen-bond donors (Lipinski definition) is 1. The predicted molar refractivity (Wildman–Crippen MR) is 81.9 cm³/mol. The van der Waals surface area contributed by atoms with Gasteiger partial charge >= 0.3 is 0 Å². The fourth-order valence-corrected chi connectivity index (χ4v) is 5.62. The highest BCUT2D eigenvalue weighted by atomic mass is 32.2. The summed E-state index contributed by atoms with van der Waals surface area (Å²) in [6, 6.07) is 5.68. The van der Waals surface area contributed by atoms with Gasteiger partial charge in [0.1, 0.15) is 5.75 Å². The van der Waals surface area contributed by atoms with Crippen molar-refractivity contribution in [2.24, 2.45) is 0 Å². The number of benzene rings is 1. The number of fused-ring (bicyclic) bond motifs is 2. The van der Waals surface area contributed by atoms with E-state index in [4.69, 9.17) is 4.74 Å². The summed E-state index contributed by atoms with van der Waals surface area (Å²) in [5.74, 6) is 0.658. The molecule has 114 valence electrons. The van der Waals surface area contributed by atoms with Gasteiger partial charge in [-0.1, -0.05) is 18.6 Å². The summed E-state index contributed by atoms with van der Waals surface area (Å²) in [7, 11) is -1.41. The Balaban J connectivity index is 2.00. The molecule has 1 aromatic rings. The smallest absolute Gasteiger partial charge is 0.159 e. The number of methoxy groups -OCH3 is 1. The van der Waals surface area contributed by atoms with Gasteiger partial charge in [-0.25, -0.2) is 8.42 Å². The van der Waals surface area contributed by atoms with Crippen LogP contribution in [0.25, 0.3) is 5.57 Å². The van der Waals surface area contributed by atoms with Crippen molar-refractivity contribution in [2.75, 3.05) is 7.11 Å². The molecule has 1 fully saturated rings. The first-order valence-corrected chi connectivity index (χ1v) is 8.88.